The molecule has 1 aromatic carbocycles. The summed E-state index contributed by atoms with van der Waals surface area (Å²) < 4.78 is 4.66. The van der Waals surface area contributed by atoms with Gasteiger partial charge in [0.1, 0.15) is 0 Å². The van der Waals surface area contributed by atoms with E-state index < -0.39 is 0 Å². The molecule has 0 amide bonds. The van der Waals surface area contributed by atoms with Crippen LogP contribution in [-0.4, -0.2) is 18.1 Å². The lowest BCUT2D eigenvalue weighted by Crippen LogP contribution is -2.04. The van der Waals surface area contributed by atoms with Crippen molar-refractivity contribution in [3.63, 3.8) is 0 Å². The first kappa shape index (κ1) is 10.7. The van der Waals surface area contributed by atoms with Gasteiger partial charge in [-0.05, 0) is 24.6 Å². The molecule has 2 rings (SSSR count). The lowest BCUT2D eigenvalue weighted by atomic mass is 10.1. The molecule has 1 unspecified atom stereocenters. The summed E-state index contributed by atoms with van der Waals surface area (Å²) in [5, 5.41) is 1.04. The van der Waals surface area contributed by atoms with Gasteiger partial charge in [-0.3, -0.25) is 0 Å². The van der Waals surface area contributed by atoms with Gasteiger partial charge in [-0.2, -0.15) is 0 Å². The molecular formula is C12H14N2O2. The first-order valence-electron chi connectivity index (χ1n) is 5.08. The quantitative estimate of drug-likeness (QED) is 0.757. The number of aromatic nitrogens is 1. The number of nitrogens with two attached hydrogens (primary N) is 1. The van der Waals surface area contributed by atoms with E-state index >= 15 is 0 Å². The van der Waals surface area contributed by atoms with Crippen LogP contribution < -0.4 is 5.73 Å². The Balaban J connectivity index is 2.53. The lowest BCUT2D eigenvalue weighted by Gasteiger charge is -2.03. The fourth-order valence-corrected chi connectivity index (χ4v) is 1.77. The van der Waals surface area contributed by atoms with Crippen LogP contribution in [0.4, 0.5) is 0 Å². The maximum Gasteiger partial charge on any atom is 0.337 e. The Kier molecular flexibility index (Phi) is 2.66. The van der Waals surface area contributed by atoms with Gasteiger partial charge >= 0.3 is 5.97 Å². The molecule has 0 bridgehead atoms. The van der Waals surface area contributed by atoms with Gasteiger partial charge in [0, 0.05) is 23.1 Å². The molecule has 1 atom stereocenters. The van der Waals surface area contributed by atoms with E-state index in [1.165, 1.54) is 7.11 Å². The number of esters is 1. The van der Waals surface area contributed by atoms with Crippen LogP contribution in [-0.2, 0) is 4.74 Å². The molecule has 0 aliphatic rings. The second-order valence-corrected chi connectivity index (χ2v) is 3.78. The number of hydrogen-bond acceptors (Lipinski definition) is 3. The van der Waals surface area contributed by atoms with Gasteiger partial charge in [-0.25, -0.2) is 4.79 Å². The molecule has 0 spiro atoms. The zero-order valence-corrected chi connectivity index (χ0v) is 9.28. The molecule has 2 aromatic rings. The van der Waals surface area contributed by atoms with Gasteiger partial charge in [0.05, 0.1) is 12.7 Å². The van der Waals surface area contributed by atoms with Crippen molar-refractivity contribution in [2.45, 2.75) is 13.0 Å². The van der Waals surface area contributed by atoms with E-state index in [0.717, 1.165) is 16.5 Å². The van der Waals surface area contributed by atoms with Crippen molar-refractivity contribution < 1.29 is 9.53 Å². The van der Waals surface area contributed by atoms with Gasteiger partial charge in [-0.1, -0.05) is 6.07 Å². The smallest absolute Gasteiger partial charge is 0.337 e. The average molecular weight is 218 g/mol. The summed E-state index contributed by atoms with van der Waals surface area (Å²) in [5.41, 5.74) is 8.32. The van der Waals surface area contributed by atoms with Gasteiger partial charge in [-0.15, -0.1) is 0 Å². The van der Waals surface area contributed by atoms with Crippen molar-refractivity contribution in [1.29, 1.82) is 0 Å². The van der Waals surface area contributed by atoms with Gasteiger partial charge in [0.15, 0.2) is 0 Å². The van der Waals surface area contributed by atoms with Crippen LogP contribution in [0.3, 0.4) is 0 Å². The van der Waals surface area contributed by atoms with Crippen LogP contribution in [0.1, 0.15) is 28.9 Å². The number of ether oxygens (including phenoxy) is 1. The molecule has 0 radical (unpaired) electrons. The van der Waals surface area contributed by atoms with Crippen LogP contribution in [0.5, 0.6) is 0 Å². The minimum Gasteiger partial charge on any atom is -0.465 e. The van der Waals surface area contributed by atoms with Crippen molar-refractivity contribution in [2.75, 3.05) is 7.11 Å². The first-order valence-corrected chi connectivity index (χ1v) is 5.08. The second kappa shape index (κ2) is 3.98. The summed E-state index contributed by atoms with van der Waals surface area (Å²) in [6.45, 7) is 1.93. The number of hydrogen-bond donors (Lipinski definition) is 2. The van der Waals surface area contributed by atoms with E-state index in [2.05, 4.69) is 9.72 Å². The fourth-order valence-electron chi connectivity index (χ4n) is 1.77. The van der Waals surface area contributed by atoms with Gasteiger partial charge in [0.2, 0.25) is 0 Å². The van der Waals surface area contributed by atoms with Crippen molar-refractivity contribution in [2.24, 2.45) is 5.73 Å². The molecule has 3 N–H and O–H groups in total. The highest BCUT2D eigenvalue weighted by molar-refractivity contribution is 5.95. The highest BCUT2D eigenvalue weighted by Crippen LogP contribution is 2.23. The minimum atomic E-state index is -0.334. The van der Waals surface area contributed by atoms with Crippen LogP contribution in [0.2, 0.25) is 0 Å². The molecule has 0 saturated heterocycles. The monoisotopic (exact) mass is 218 g/mol. The summed E-state index contributed by atoms with van der Waals surface area (Å²) in [6, 6.07) is 5.37. The fraction of sp³-hybridized carbons (Fsp3) is 0.250. The van der Waals surface area contributed by atoms with E-state index in [1.54, 1.807) is 12.1 Å². The molecule has 0 aliphatic heterocycles. The molecule has 84 valence electrons. The summed E-state index contributed by atoms with van der Waals surface area (Å²) in [6.07, 6.45) is 1.87. The normalized spacial score (nSPS) is 12.7. The molecule has 16 heavy (non-hydrogen) atoms. The number of nitrogens with one attached hydrogen (secondary N) is 1. The number of carbonyl (C=O) groups excluding carboxylic acids is 1. The zero-order valence-electron chi connectivity index (χ0n) is 9.28. The molecule has 4 nitrogen and oxygen atoms in total. The Morgan fingerprint density at radius 1 is 1.50 bits per heavy atom. The summed E-state index contributed by atoms with van der Waals surface area (Å²) >= 11 is 0. The molecule has 0 aliphatic carbocycles. The number of fused-ring (bicyclic) bond motifs is 1. The Hall–Kier alpha value is -1.81. The third kappa shape index (κ3) is 1.67. The van der Waals surface area contributed by atoms with E-state index in [4.69, 9.17) is 5.73 Å². The van der Waals surface area contributed by atoms with Crippen LogP contribution in [0, 0.1) is 0 Å². The number of H-pyrrole nitrogens is 1. The Morgan fingerprint density at radius 3 is 2.88 bits per heavy atom. The number of carbonyl (C=O) groups is 1. The average Bonchev–Trinajstić information content (AvgIpc) is 2.70. The lowest BCUT2D eigenvalue weighted by molar-refractivity contribution is 0.0601. The molecule has 0 fully saturated rings. The maximum atomic E-state index is 11.3. The Morgan fingerprint density at radius 2 is 2.25 bits per heavy atom. The maximum absolute atomic E-state index is 11.3. The van der Waals surface area contributed by atoms with Crippen molar-refractivity contribution in [1.82, 2.24) is 4.98 Å². The van der Waals surface area contributed by atoms with Crippen molar-refractivity contribution in [3.8, 4) is 0 Å². The van der Waals surface area contributed by atoms with Crippen molar-refractivity contribution in [3.05, 3.63) is 35.5 Å². The van der Waals surface area contributed by atoms with Crippen molar-refractivity contribution >= 4 is 16.9 Å². The Labute approximate surface area is 93.4 Å². The highest BCUT2D eigenvalue weighted by atomic mass is 16.5. The van der Waals surface area contributed by atoms with E-state index in [1.807, 2.05) is 19.2 Å². The van der Waals surface area contributed by atoms with Gasteiger partial charge in [0.25, 0.3) is 0 Å². The van der Waals surface area contributed by atoms with Crippen LogP contribution >= 0.6 is 0 Å². The van der Waals surface area contributed by atoms with E-state index in [9.17, 15) is 4.79 Å². The first-order chi connectivity index (χ1) is 7.63. The summed E-state index contributed by atoms with van der Waals surface area (Å²) in [5.74, 6) is -0.334. The summed E-state index contributed by atoms with van der Waals surface area (Å²) in [7, 11) is 1.37. The largest absolute Gasteiger partial charge is 0.465 e. The molecule has 4 heteroatoms. The molecule has 0 saturated carbocycles. The Bertz CT molecular complexity index is 529. The summed E-state index contributed by atoms with van der Waals surface area (Å²) in [4.78, 5) is 14.4. The van der Waals surface area contributed by atoms with Crippen LogP contribution in [0.25, 0.3) is 10.9 Å². The van der Waals surface area contributed by atoms with Gasteiger partial charge < -0.3 is 15.5 Å². The number of methoxy groups -OCH3 is 1. The number of rotatable bonds is 2. The predicted octanol–water partition coefficient (Wildman–Crippen LogP) is 1.97. The SMILES string of the molecule is COC(=O)c1ccc2c(C(C)N)c[nH]c2c1. The third-order valence-corrected chi connectivity index (χ3v) is 2.63. The van der Waals surface area contributed by atoms with E-state index in [0.29, 0.717) is 5.56 Å². The van der Waals surface area contributed by atoms with Crippen LogP contribution in [0.15, 0.2) is 24.4 Å². The predicted molar refractivity (Wildman–Crippen MR) is 62.2 cm³/mol. The number of aromatic amines is 1. The third-order valence-electron chi connectivity index (χ3n) is 2.63. The standard InChI is InChI=1S/C12H14N2O2/c1-7(13)10-6-14-11-5-8(12(15)16-2)3-4-9(10)11/h3-7,14H,13H2,1-2H3. The highest BCUT2D eigenvalue weighted by Gasteiger charge is 2.10. The zero-order chi connectivity index (χ0) is 11.7. The molecular weight excluding hydrogens is 204 g/mol. The molecule has 1 heterocycles. The second-order valence-electron chi connectivity index (χ2n) is 3.78. The van der Waals surface area contributed by atoms with E-state index in [-0.39, 0.29) is 12.0 Å². The molecule has 1 aromatic heterocycles. The number of benzene rings is 1. The minimum absolute atomic E-state index is 0.0299. The topological polar surface area (TPSA) is 68.1 Å².